The minimum Gasteiger partial charge on any atom is -0.493 e. The maximum absolute atomic E-state index is 14.6. The standard InChI is InChI=1S/C28H37F3N4O3/c1-18(2)26-32-27(38-33-26)35-10-5-19(6-11-35)23-15-20(23)7-14-37-22-4-3-21(24(29)17-22)16-25(36)34-12-8-28(30,31)9-13-34/h3-4,17-20,23H,5-16H2,1-2H3/t20-,23?/m1/s1. The van der Waals surface area contributed by atoms with Crippen LogP contribution in [-0.2, 0) is 11.2 Å². The van der Waals surface area contributed by atoms with Gasteiger partial charge in [-0.25, -0.2) is 13.2 Å². The number of carbonyl (C=O) groups is 1. The van der Waals surface area contributed by atoms with Crippen molar-refractivity contribution in [1.29, 1.82) is 0 Å². The second kappa shape index (κ2) is 11.1. The summed E-state index contributed by atoms with van der Waals surface area (Å²) in [6.45, 7) is 6.52. The molecule has 1 aliphatic carbocycles. The van der Waals surface area contributed by atoms with E-state index in [1.54, 1.807) is 12.1 Å². The zero-order valence-corrected chi connectivity index (χ0v) is 22.2. The molecule has 0 N–H and O–H groups in total. The van der Waals surface area contributed by atoms with Crippen LogP contribution in [0.5, 0.6) is 5.75 Å². The summed E-state index contributed by atoms with van der Waals surface area (Å²) in [5.41, 5.74) is 0.259. The molecular weight excluding hydrogens is 497 g/mol. The molecule has 208 valence electrons. The van der Waals surface area contributed by atoms with Gasteiger partial charge < -0.3 is 19.1 Å². The lowest BCUT2D eigenvalue weighted by Gasteiger charge is -2.31. The third-order valence-corrected chi connectivity index (χ3v) is 8.31. The van der Waals surface area contributed by atoms with Crippen LogP contribution in [-0.4, -0.2) is 59.7 Å². The third-order valence-electron chi connectivity index (χ3n) is 8.31. The van der Waals surface area contributed by atoms with Crippen molar-refractivity contribution in [2.75, 3.05) is 37.7 Å². The largest absolute Gasteiger partial charge is 0.493 e. The SMILES string of the molecule is CC(C)c1noc(N2CCC(C3C[C@H]3CCOc3ccc(CC(=O)N4CCC(F)(F)CC4)c(F)c3)CC2)n1. The second-order valence-corrected chi connectivity index (χ2v) is 11.4. The molecule has 3 heterocycles. The lowest BCUT2D eigenvalue weighted by molar-refractivity contribution is -0.136. The number of aromatic nitrogens is 2. The van der Waals surface area contributed by atoms with Gasteiger partial charge in [-0.15, -0.1) is 0 Å². The smallest absolute Gasteiger partial charge is 0.324 e. The van der Waals surface area contributed by atoms with E-state index in [1.807, 2.05) is 0 Å². The molecular formula is C28H37F3N4O3. The van der Waals surface area contributed by atoms with Crippen molar-refractivity contribution in [3.8, 4) is 5.75 Å². The fraction of sp³-hybridized carbons (Fsp3) is 0.679. The predicted octanol–water partition coefficient (Wildman–Crippen LogP) is 5.45. The van der Waals surface area contributed by atoms with E-state index in [2.05, 4.69) is 28.9 Å². The summed E-state index contributed by atoms with van der Waals surface area (Å²) in [5, 5.41) is 4.07. The monoisotopic (exact) mass is 534 g/mol. The van der Waals surface area contributed by atoms with Gasteiger partial charge in [0.1, 0.15) is 11.6 Å². The Hall–Kier alpha value is -2.78. The van der Waals surface area contributed by atoms with Gasteiger partial charge in [0.25, 0.3) is 5.92 Å². The summed E-state index contributed by atoms with van der Waals surface area (Å²) in [7, 11) is 0. The van der Waals surface area contributed by atoms with E-state index in [0.717, 1.165) is 44.1 Å². The van der Waals surface area contributed by atoms with Crippen LogP contribution in [0.15, 0.2) is 22.7 Å². The molecule has 1 saturated carbocycles. The number of rotatable bonds is 9. The predicted molar refractivity (Wildman–Crippen MR) is 136 cm³/mol. The molecule has 38 heavy (non-hydrogen) atoms. The van der Waals surface area contributed by atoms with Crippen molar-refractivity contribution < 1.29 is 27.2 Å². The number of benzene rings is 1. The van der Waals surface area contributed by atoms with E-state index in [-0.39, 0.29) is 49.7 Å². The van der Waals surface area contributed by atoms with Crippen molar-refractivity contribution in [3.63, 3.8) is 0 Å². The quantitative estimate of drug-likeness (QED) is 0.426. The zero-order chi connectivity index (χ0) is 26.9. The molecule has 1 aromatic carbocycles. The van der Waals surface area contributed by atoms with Gasteiger partial charge in [-0.05, 0) is 55.1 Å². The minimum absolute atomic E-state index is 0.00767. The Morgan fingerprint density at radius 1 is 1.18 bits per heavy atom. The number of amides is 1. The van der Waals surface area contributed by atoms with Gasteiger partial charge >= 0.3 is 6.01 Å². The molecule has 0 radical (unpaired) electrons. The Bertz CT molecular complexity index is 1110. The van der Waals surface area contributed by atoms with E-state index < -0.39 is 11.7 Å². The van der Waals surface area contributed by atoms with Gasteiger partial charge in [-0.2, -0.15) is 4.98 Å². The highest BCUT2D eigenvalue weighted by Crippen LogP contribution is 2.50. The topological polar surface area (TPSA) is 71.7 Å². The van der Waals surface area contributed by atoms with Crippen molar-refractivity contribution in [2.24, 2.45) is 17.8 Å². The van der Waals surface area contributed by atoms with Gasteiger partial charge in [0, 0.05) is 51.0 Å². The first kappa shape index (κ1) is 26.8. The zero-order valence-electron chi connectivity index (χ0n) is 22.2. The van der Waals surface area contributed by atoms with Gasteiger partial charge in [-0.1, -0.05) is 25.1 Å². The summed E-state index contributed by atoms with van der Waals surface area (Å²) in [6.07, 6.45) is 3.57. The fourth-order valence-electron chi connectivity index (χ4n) is 5.74. The molecule has 5 rings (SSSR count). The average molecular weight is 535 g/mol. The van der Waals surface area contributed by atoms with Crippen molar-refractivity contribution >= 4 is 11.9 Å². The molecule has 2 atom stereocenters. The highest BCUT2D eigenvalue weighted by Gasteiger charge is 2.43. The summed E-state index contributed by atoms with van der Waals surface area (Å²) in [6, 6.07) is 5.18. The average Bonchev–Trinajstić information content (AvgIpc) is 3.47. The molecule has 1 unspecified atom stereocenters. The molecule has 0 spiro atoms. The van der Waals surface area contributed by atoms with Crippen LogP contribution in [0.25, 0.3) is 0 Å². The number of hydrogen-bond acceptors (Lipinski definition) is 6. The van der Waals surface area contributed by atoms with Gasteiger partial charge in [-0.3, -0.25) is 4.79 Å². The number of alkyl halides is 2. The van der Waals surface area contributed by atoms with E-state index in [0.29, 0.717) is 30.2 Å². The molecule has 3 aliphatic rings. The fourth-order valence-corrected chi connectivity index (χ4v) is 5.74. The first-order valence-corrected chi connectivity index (χ1v) is 13.8. The Balaban J connectivity index is 1.01. The van der Waals surface area contributed by atoms with Crippen LogP contribution in [0.1, 0.15) is 69.7 Å². The highest BCUT2D eigenvalue weighted by atomic mass is 19.3. The summed E-state index contributed by atoms with van der Waals surface area (Å²) in [5.74, 6) is -0.0378. The van der Waals surface area contributed by atoms with E-state index >= 15 is 0 Å². The lowest BCUT2D eigenvalue weighted by atomic mass is 9.90. The Labute approximate surface area is 221 Å². The summed E-state index contributed by atoms with van der Waals surface area (Å²) >= 11 is 0. The van der Waals surface area contributed by atoms with Crippen LogP contribution in [0.4, 0.5) is 19.2 Å². The molecule has 3 fully saturated rings. The van der Waals surface area contributed by atoms with Gasteiger partial charge in [0.15, 0.2) is 5.82 Å². The molecule has 7 nitrogen and oxygen atoms in total. The third kappa shape index (κ3) is 6.43. The first-order chi connectivity index (χ1) is 18.2. The molecule has 2 aromatic rings. The maximum atomic E-state index is 14.6. The van der Waals surface area contributed by atoms with Crippen LogP contribution in [0.2, 0.25) is 0 Å². The maximum Gasteiger partial charge on any atom is 0.324 e. The molecule has 10 heteroatoms. The Morgan fingerprint density at radius 3 is 2.58 bits per heavy atom. The van der Waals surface area contributed by atoms with Crippen LogP contribution >= 0.6 is 0 Å². The van der Waals surface area contributed by atoms with Crippen molar-refractivity contribution in [3.05, 3.63) is 35.4 Å². The number of nitrogens with zero attached hydrogens (tertiary/aromatic N) is 4. The molecule has 0 bridgehead atoms. The number of anilines is 1. The molecule has 1 amide bonds. The van der Waals surface area contributed by atoms with Crippen LogP contribution in [0.3, 0.4) is 0 Å². The minimum atomic E-state index is -2.72. The molecule has 2 aliphatic heterocycles. The number of hydrogen-bond donors (Lipinski definition) is 0. The molecule has 1 aromatic heterocycles. The normalized spacial score (nSPS) is 23.6. The number of likely N-dealkylation sites (tertiary alicyclic amines) is 1. The first-order valence-electron chi connectivity index (χ1n) is 13.8. The van der Waals surface area contributed by atoms with Gasteiger partial charge in [0.05, 0.1) is 13.0 Å². The van der Waals surface area contributed by atoms with Crippen LogP contribution < -0.4 is 9.64 Å². The number of ether oxygens (including phenoxy) is 1. The Morgan fingerprint density at radius 2 is 1.92 bits per heavy atom. The second-order valence-electron chi connectivity index (χ2n) is 11.4. The van der Waals surface area contributed by atoms with E-state index in [9.17, 15) is 18.0 Å². The number of piperidine rings is 2. The molecule has 2 saturated heterocycles. The van der Waals surface area contributed by atoms with E-state index in [1.165, 1.54) is 17.4 Å². The number of halogens is 3. The van der Waals surface area contributed by atoms with Crippen molar-refractivity contribution in [2.45, 2.75) is 70.6 Å². The summed E-state index contributed by atoms with van der Waals surface area (Å²) < 4.78 is 52.5. The van der Waals surface area contributed by atoms with Crippen LogP contribution in [0, 0.1) is 23.6 Å². The lowest BCUT2D eigenvalue weighted by Crippen LogP contribution is -2.43. The highest BCUT2D eigenvalue weighted by molar-refractivity contribution is 5.79. The van der Waals surface area contributed by atoms with Crippen molar-refractivity contribution in [1.82, 2.24) is 15.0 Å². The Kier molecular flexibility index (Phi) is 7.86. The summed E-state index contributed by atoms with van der Waals surface area (Å²) in [4.78, 5) is 20.5. The number of carbonyl (C=O) groups excluding carboxylic acids is 1. The van der Waals surface area contributed by atoms with Gasteiger partial charge in [0.2, 0.25) is 5.91 Å². The van der Waals surface area contributed by atoms with E-state index in [4.69, 9.17) is 9.26 Å².